The van der Waals surface area contributed by atoms with Crippen LogP contribution in [0.2, 0.25) is 0 Å². The van der Waals surface area contributed by atoms with E-state index in [1.807, 2.05) is 20.8 Å². The molecule has 0 bridgehead atoms. The molecule has 1 rings (SSSR count). The molecule has 1 N–H and O–H groups in total. The molecule has 0 saturated carbocycles. The van der Waals surface area contributed by atoms with Gasteiger partial charge in [-0.3, -0.25) is 0 Å². The standard InChI is InChI=1S/C12H19NO4/c1-12(2,3)17-11(16)13-7-6-9(8-13)4-5-10(14)15/h4-5,9H,6-8H2,1-3H3,(H,14,15)/b5-4+/t9-/m1/s1. The largest absolute Gasteiger partial charge is 0.478 e. The SMILES string of the molecule is CC(C)(C)OC(=O)N1CC[C@@H](/C=C/C(=O)O)C1. The van der Waals surface area contributed by atoms with Crippen LogP contribution in [0.25, 0.3) is 0 Å². The maximum absolute atomic E-state index is 11.7. The van der Waals surface area contributed by atoms with Crippen molar-refractivity contribution in [3.8, 4) is 0 Å². The average Bonchev–Trinajstić information content (AvgIpc) is 2.60. The summed E-state index contributed by atoms with van der Waals surface area (Å²) in [6.45, 7) is 6.61. The molecule has 1 fully saturated rings. The third kappa shape index (κ3) is 4.89. The van der Waals surface area contributed by atoms with Crippen molar-refractivity contribution in [2.75, 3.05) is 13.1 Å². The van der Waals surface area contributed by atoms with Crippen molar-refractivity contribution >= 4 is 12.1 Å². The Kier molecular flexibility index (Phi) is 4.15. The van der Waals surface area contributed by atoms with E-state index in [0.29, 0.717) is 13.1 Å². The summed E-state index contributed by atoms with van der Waals surface area (Å²) in [7, 11) is 0. The van der Waals surface area contributed by atoms with E-state index in [9.17, 15) is 9.59 Å². The second-order valence-electron chi connectivity index (χ2n) is 5.17. The van der Waals surface area contributed by atoms with Gasteiger partial charge in [0, 0.05) is 19.2 Å². The number of rotatable bonds is 2. The Morgan fingerprint density at radius 2 is 2.06 bits per heavy atom. The number of carbonyl (C=O) groups excluding carboxylic acids is 1. The van der Waals surface area contributed by atoms with Crippen LogP contribution in [0.4, 0.5) is 4.79 Å². The minimum absolute atomic E-state index is 0.110. The van der Waals surface area contributed by atoms with Gasteiger partial charge in [-0.15, -0.1) is 0 Å². The topological polar surface area (TPSA) is 66.8 Å². The maximum atomic E-state index is 11.7. The van der Waals surface area contributed by atoms with Crippen LogP contribution in [0.5, 0.6) is 0 Å². The number of nitrogens with zero attached hydrogens (tertiary/aromatic N) is 1. The Morgan fingerprint density at radius 1 is 1.41 bits per heavy atom. The molecule has 17 heavy (non-hydrogen) atoms. The lowest BCUT2D eigenvalue weighted by Gasteiger charge is -2.24. The quantitative estimate of drug-likeness (QED) is 0.750. The number of ether oxygens (including phenoxy) is 1. The Bertz CT molecular complexity index is 330. The highest BCUT2D eigenvalue weighted by Crippen LogP contribution is 2.20. The molecule has 1 heterocycles. The van der Waals surface area contributed by atoms with Crippen LogP contribution in [0.3, 0.4) is 0 Å². The molecule has 0 spiro atoms. The number of aliphatic carboxylic acids is 1. The minimum atomic E-state index is -0.958. The fraction of sp³-hybridized carbons (Fsp3) is 0.667. The summed E-state index contributed by atoms with van der Waals surface area (Å²) in [6.07, 6.45) is 3.21. The second-order valence-corrected chi connectivity index (χ2v) is 5.17. The lowest BCUT2D eigenvalue weighted by molar-refractivity contribution is -0.131. The summed E-state index contributed by atoms with van der Waals surface area (Å²) < 4.78 is 5.24. The Labute approximate surface area is 101 Å². The van der Waals surface area contributed by atoms with Gasteiger partial charge in [0.15, 0.2) is 0 Å². The smallest absolute Gasteiger partial charge is 0.410 e. The molecule has 5 nitrogen and oxygen atoms in total. The number of hydrogen-bond acceptors (Lipinski definition) is 3. The highest BCUT2D eigenvalue weighted by molar-refractivity contribution is 5.79. The molecule has 0 unspecified atom stereocenters. The van der Waals surface area contributed by atoms with Crippen molar-refractivity contribution in [1.29, 1.82) is 0 Å². The number of carboxylic acid groups (broad SMARTS) is 1. The molecule has 0 aliphatic carbocycles. The van der Waals surface area contributed by atoms with Gasteiger partial charge in [0.05, 0.1) is 0 Å². The molecule has 1 saturated heterocycles. The van der Waals surface area contributed by atoms with E-state index in [0.717, 1.165) is 12.5 Å². The zero-order valence-electron chi connectivity index (χ0n) is 10.5. The molecule has 0 aromatic carbocycles. The number of amides is 1. The van der Waals surface area contributed by atoms with Crippen LogP contribution in [0.15, 0.2) is 12.2 Å². The first kappa shape index (κ1) is 13.5. The monoisotopic (exact) mass is 241 g/mol. The number of hydrogen-bond donors (Lipinski definition) is 1. The number of carbonyl (C=O) groups is 2. The fourth-order valence-electron chi connectivity index (χ4n) is 1.66. The number of carboxylic acids is 1. The third-order valence-corrected chi connectivity index (χ3v) is 2.39. The zero-order chi connectivity index (χ0) is 13.1. The van der Waals surface area contributed by atoms with Crippen molar-refractivity contribution in [2.45, 2.75) is 32.8 Å². The normalized spacial score (nSPS) is 20.9. The van der Waals surface area contributed by atoms with Crippen molar-refractivity contribution in [3.63, 3.8) is 0 Å². The fourth-order valence-corrected chi connectivity index (χ4v) is 1.66. The predicted molar refractivity (Wildman–Crippen MR) is 62.7 cm³/mol. The Balaban J connectivity index is 2.45. The molecule has 1 atom stereocenters. The zero-order valence-corrected chi connectivity index (χ0v) is 10.5. The van der Waals surface area contributed by atoms with E-state index in [1.165, 1.54) is 0 Å². The highest BCUT2D eigenvalue weighted by Gasteiger charge is 2.28. The van der Waals surface area contributed by atoms with E-state index in [2.05, 4.69) is 0 Å². The Morgan fingerprint density at radius 3 is 2.59 bits per heavy atom. The van der Waals surface area contributed by atoms with Gasteiger partial charge in [-0.2, -0.15) is 0 Å². The molecule has 5 heteroatoms. The summed E-state index contributed by atoms with van der Waals surface area (Å²) in [5, 5.41) is 8.51. The molecule has 0 aromatic heterocycles. The summed E-state index contributed by atoms with van der Waals surface area (Å²) >= 11 is 0. The molecule has 1 aliphatic rings. The van der Waals surface area contributed by atoms with Crippen LogP contribution < -0.4 is 0 Å². The van der Waals surface area contributed by atoms with Gasteiger partial charge in [0.25, 0.3) is 0 Å². The van der Waals surface area contributed by atoms with Gasteiger partial charge in [-0.1, -0.05) is 6.08 Å². The summed E-state index contributed by atoms with van der Waals surface area (Å²) in [5.41, 5.74) is -0.494. The molecule has 1 amide bonds. The predicted octanol–water partition coefficient (Wildman–Crippen LogP) is 1.88. The van der Waals surface area contributed by atoms with Crippen molar-refractivity contribution in [3.05, 3.63) is 12.2 Å². The van der Waals surface area contributed by atoms with Crippen LogP contribution in [-0.2, 0) is 9.53 Å². The van der Waals surface area contributed by atoms with Gasteiger partial charge in [0.1, 0.15) is 5.60 Å². The van der Waals surface area contributed by atoms with Gasteiger partial charge < -0.3 is 14.7 Å². The van der Waals surface area contributed by atoms with Gasteiger partial charge >= 0.3 is 12.1 Å². The molecule has 96 valence electrons. The molecule has 0 aromatic rings. The third-order valence-electron chi connectivity index (χ3n) is 2.39. The molecular weight excluding hydrogens is 222 g/mol. The van der Waals surface area contributed by atoms with E-state index in [1.54, 1.807) is 11.0 Å². The summed E-state index contributed by atoms with van der Waals surface area (Å²) in [5.74, 6) is -0.848. The first-order valence-corrected chi connectivity index (χ1v) is 5.67. The van der Waals surface area contributed by atoms with Crippen LogP contribution >= 0.6 is 0 Å². The van der Waals surface area contributed by atoms with E-state index in [-0.39, 0.29) is 12.0 Å². The maximum Gasteiger partial charge on any atom is 0.410 e. The lowest BCUT2D eigenvalue weighted by atomic mass is 10.1. The molecular formula is C12H19NO4. The van der Waals surface area contributed by atoms with Gasteiger partial charge in [-0.05, 0) is 33.1 Å². The summed E-state index contributed by atoms with van der Waals surface area (Å²) in [4.78, 5) is 23.7. The highest BCUT2D eigenvalue weighted by atomic mass is 16.6. The van der Waals surface area contributed by atoms with Crippen LogP contribution in [0, 0.1) is 5.92 Å². The van der Waals surface area contributed by atoms with Crippen LogP contribution in [0.1, 0.15) is 27.2 Å². The van der Waals surface area contributed by atoms with E-state index < -0.39 is 11.6 Å². The van der Waals surface area contributed by atoms with Crippen molar-refractivity contribution in [1.82, 2.24) is 4.90 Å². The van der Waals surface area contributed by atoms with Crippen molar-refractivity contribution in [2.24, 2.45) is 5.92 Å². The minimum Gasteiger partial charge on any atom is -0.478 e. The summed E-state index contributed by atoms with van der Waals surface area (Å²) in [6, 6.07) is 0. The first-order chi connectivity index (χ1) is 7.78. The van der Waals surface area contributed by atoms with Crippen LogP contribution in [-0.4, -0.2) is 40.8 Å². The second kappa shape index (κ2) is 5.21. The Hall–Kier alpha value is -1.52. The number of likely N-dealkylation sites (tertiary alicyclic amines) is 1. The van der Waals surface area contributed by atoms with Crippen molar-refractivity contribution < 1.29 is 19.4 Å². The molecule has 0 radical (unpaired) electrons. The average molecular weight is 241 g/mol. The molecule has 1 aliphatic heterocycles. The van der Waals surface area contributed by atoms with E-state index in [4.69, 9.17) is 9.84 Å². The van der Waals surface area contributed by atoms with Gasteiger partial charge in [-0.25, -0.2) is 9.59 Å². The lowest BCUT2D eigenvalue weighted by Crippen LogP contribution is -2.35. The van der Waals surface area contributed by atoms with Gasteiger partial charge in [0.2, 0.25) is 0 Å². The van der Waals surface area contributed by atoms with E-state index >= 15 is 0 Å². The first-order valence-electron chi connectivity index (χ1n) is 5.67.